The van der Waals surface area contributed by atoms with Crippen molar-refractivity contribution in [2.75, 3.05) is 19.0 Å². The molecule has 0 amide bonds. The van der Waals surface area contributed by atoms with Crippen LogP contribution in [0.25, 0.3) is 22.1 Å². The van der Waals surface area contributed by atoms with Crippen molar-refractivity contribution in [3.8, 4) is 11.5 Å². The van der Waals surface area contributed by atoms with Gasteiger partial charge in [-0.05, 0) is 36.4 Å². The zero-order valence-corrected chi connectivity index (χ0v) is 17.4. The van der Waals surface area contributed by atoms with E-state index in [9.17, 15) is 0 Å². The number of hydrogen-bond donors (Lipinski definition) is 2. The van der Waals surface area contributed by atoms with Gasteiger partial charge in [0.05, 0.1) is 35.0 Å². The van der Waals surface area contributed by atoms with Crippen LogP contribution in [0.5, 0.6) is 11.5 Å². The molecule has 5 rings (SSSR count). The second-order valence-corrected chi connectivity index (χ2v) is 7.27. The van der Waals surface area contributed by atoms with Crippen molar-refractivity contribution >= 4 is 45.3 Å². The smallest absolute Gasteiger partial charge is 0.208 e. The topological polar surface area (TPSA) is 89.9 Å². The second kappa shape index (κ2) is 8.25. The third kappa shape index (κ3) is 3.90. The number of anilines is 2. The number of H-pyrrole nitrogens is 1. The Labute approximate surface area is 182 Å². The van der Waals surface area contributed by atoms with E-state index in [0.29, 0.717) is 35.8 Å². The summed E-state index contributed by atoms with van der Waals surface area (Å²) in [6.07, 6.45) is 5.24. The van der Waals surface area contributed by atoms with Crippen molar-refractivity contribution in [3.63, 3.8) is 0 Å². The average Bonchev–Trinajstić information content (AvgIpc) is 3.33. The molecule has 0 aliphatic rings. The van der Waals surface area contributed by atoms with Crippen molar-refractivity contribution in [2.24, 2.45) is 0 Å². The zero-order chi connectivity index (χ0) is 21.2. The molecule has 8 nitrogen and oxygen atoms in total. The Morgan fingerprint density at radius 2 is 2.06 bits per heavy atom. The van der Waals surface area contributed by atoms with E-state index in [1.54, 1.807) is 25.6 Å². The molecule has 0 atom stereocenters. The fraction of sp³-hybridized carbons (Fsp3) is 0.136. The van der Waals surface area contributed by atoms with E-state index in [2.05, 4.69) is 24.8 Å². The number of benzene rings is 1. The number of ether oxygens (including phenoxy) is 2. The van der Waals surface area contributed by atoms with Gasteiger partial charge in [0.2, 0.25) is 5.95 Å². The van der Waals surface area contributed by atoms with Crippen molar-refractivity contribution in [2.45, 2.75) is 6.54 Å². The summed E-state index contributed by atoms with van der Waals surface area (Å²) in [5.74, 6) is 2.05. The minimum Gasteiger partial charge on any atom is -0.456 e. The fourth-order valence-corrected chi connectivity index (χ4v) is 3.55. The van der Waals surface area contributed by atoms with Gasteiger partial charge in [-0.1, -0.05) is 11.6 Å². The molecule has 0 aliphatic heterocycles. The number of nitrogens with one attached hydrogen (secondary N) is 2. The molecule has 0 saturated carbocycles. The highest BCUT2D eigenvalue weighted by Crippen LogP contribution is 2.30. The van der Waals surface area contributed by atoms with Crippen LogP contribution < -0.4 is 10.1 Å². The maximum atomic E-state index is 6.09. The molecule has 1 aromatic carbocycles. The molecule has 0 radical (unpaired) electrons. The van der Waals surface area contributed by atoms with E-state index in [1.807, 2.05) is 42.6 Å². The van der Waals surface area contributed by atoms with E-state index in [1.165, 1.54) is 0 Å². The highest BCUT2D eigenvalue weighted by molar-refractivity contribution is 6.29. The van der Waals surface area contributed by atoms with E-state index in [0.717, 1.165) is 27.8 Å². The number of aromatic amines is 1. The van der Waals surface area contributed by atoms with E-state index < -0.39 is 0 Å². The predicted octanol–water partition coefficient (Wildman–Crippen LogP) is 5.14. The summed E-state index contributed by atoms with van der Waals surface area (Å²) in [6.45, 7) is 1.15. The lowest BCUT2D eigenvalue weighted by molar-refractivity contribution is 0.189. The third-order valence-corrected chi connectivity index (χ3v) is 5.05. The predicted molar refractivity (Wildman–Crippen MR) is 120 cm³/mol. The highest BCUT2D eigenvalue weighted by Gasteiger charge is 2.15. The van der Waals surface area contributed by atoms with Gasteiger partial charge in [-0.3, -0.25) is 4.98 Å². The van der Waals surface area contributed by atoms with Crippen LogP contribution in [0.15, 0.2) is 61.1 Å². The highest BCUT2D eigenvalue weighted by atomic mass is 35.5. The summed E-state index contributed by atoms with van der Waals surface area (Å²) >= 11 is 6.09. The molecule has 9 heteroatoms. The Balaban J connectivity index is 1.54. The van der Waals surface area contributed by atoms with Gasteiger partial charge in [-0.15, -0.1) is 0 Å². The molecule has 31 heavy (non-hydrogen) atoms. The third-order valence-electron chi connectivity index (χ3n) is 4.84. The average molecular weight is 435 g/mol. The van der Waals surface area contributed by atoms with Crippen LogP contribution in [0.2, 0.25) is 5.15 Å². The monoisotopic (exact) mass is 434 g/mol. The fourth-order valence-electron chi connectivity index (χ4n) is 3.41. The largest absolute Gasteiger partial charge is 0.456 e. The molecule has 156 valence electrons. The number of imidazole rings is 1. The number of rotatable bonds is 7. The molecular weight excluding hydrogens is 416 g/mol. The maximum Gasteiger partial charge on any atom is 0.208 e. The number of hydrogen-bond acceptors (Lipinski definition) is 6. The molecule has 0 aliphatic carbocycles. The molecule has 0 bridgehead atoms. The molecule has 4 heterocycles. The number of halogens is 1. The molecule has 5 aromatic rings. The Bertz CT molecular complexity index is 1350. The Morgan fingerprint density at radius 3 is 2.90 bits per heavy atom. The zero-order valence-electron chi connectivity index (χ0n) is 16.7. The number of methoxy groups -OCH3 is 1. The Morgan fingerprint density at radius 1 is 1.13 bits per heavy atom. The van der Waals surface area contributed by atoms with E-state index in [4.69, 9.17) is 26.1 Å². The first kappa shape index (κ1) is 19.3. The van der Waals surface area contributed by atoms with Crippen molar-refractivity contribution in [1.82, 2.24) is 24.5 Å². The van der Waals surface area contributed by atoms with Gasteiger partial charge in [0, 0.05) is 32.1 Å². The second-order valence-electron chi connectivity index (χ2n) is 6.88. The first-order chi connectivity index (χ1) is 15.2. The lowest BCUT2D eigenvalue weighted by atomic mass is 10.3. The molecule has 4 aromatic heterocycles. The first-order valence-electron chi connectivity index (χ1n) is 9.69. The van der Waals surface area contributed by atoms with Crippen LogP contribution in [0.1, 0.15) is 0 Å². The summed E-state index contributed by atoms with van der Waals surface area (Å²) in [5, 5.41) is 3.81. The standard InChI is InChI=1S/C22H19ClN6O2/c1-30-10-9-29-19-11-14(31-15-3-2-8-24-12-15)4-5-16(19)26-22(29)27-18-13-25-17-6-7-20(23)28-21(17)18/h2-8,11-13,25H,9-10H2,1H3,(H,26,27). The van der Waals surface area contributed by atoms with Gasteiger partial charge in [0.15, 0.2) is 0 Å². The van der Waals surface area contributed by atoms with Gasteiger partial charge in [-0.25, -0.2) is 9.97 Å². The van der Waals surface area contributed by atoms with Gasteiger partial charge >= 0.3 is 0 Å². The minimum absolute atomic E-state index is 0.431. The van der Waals surface area contributed by atoms with Crippen LogP contribution in [-0.2, 0) is 11.3 Å². The summed E-state index contributed by atoms with van der Waals surface area (Å²) in [5.41, 5.74) is 4.19. The minimum atomic E-state index is 0.431. The summed E-state index contributed by atoms with van der Waals surface area (Å²) < 4.78 is 13.3. The van der Waals surface area contributed by atoms with Crippen LogP contribution in [0, 0.1) is 0 Å². The molecule has 0 saturated heterocycles. The van der Waals surface area contributed by atoms with Crippen LogP contribution in [-0.4, -0.2) is 38.2 Å². The van der Waals surface area contributed by atoms with Crippen LogP contribution in [0.3, 0.4) is 0 Å². The first-order valence-corrected chi connectivity index (χ1v) is 10.1. The van der Waals surface area contributed by atoms with E-state index in [-0.39, 0.29) is 0 Å². The lowest BCUT2D eigenvalue weighted by Crippen LogP contribution is -2.08. The lowest BCUT2D eigenvalue weighted by Gasteiger charge is -2.10. The van der Waals surface area contributed by atoms with Crippen molar-refractivity contribution in [1.29, 1.82) is 0 Å². The quantitative estimate of drug-likeness (QED) is 0.344. The number of aromatic nitrogens is 5. The molecule has 0 unspecified atom stereocenters. The summed E-state index contributed by atoms with van der Waals surface area (Å²) in [6, 6.07) is 13.1. The van der Waals surface area contributed by atoms with Gasteiger partial charge in [-0.2, -0.15) is 0 Å². The van der Waals surface area contributed by atoms with Crippen LogP contribution >= 0.6 is 11.6 Å². The SMILES string of the molecule is COCCn1c(Nc2c[nH]c3ccc(Cl)nc23)nc2ccc(Oc3cccnc3)cc21. The maximum absolute atomic E-state index is 6.09. The molecule has 0 fully saturated rings. The number of pyridine rings is 2. The van der Waals surface area contributed by atoms with Crippen molar-refractivity contribution in [3.05, 3.63) is 66.2 Å². The van der Waals surface area contributed by atoms with Gasteiger partial charge in [0.1, 0.15) is 22.2 Å². The normalized spacial score (nSPS) is 11.3. The van der Waals surface area contributed by atoms with Gasteiger partial charge < -0.3 is 24.3 Å². The summed E-state index contributed by atoms with van der Waals surface area (Å²) in [4.78, 5) is 16.5. The number of fused-ring (bicyclic) bond motifs is 2. The van der Waals surface area contributed by atoms with Gasteiger partial charge in [0.25, 0.3) is 0 Å². The molecule has 2 N–H and O–H groups in total. The molecular formula is C22H19ClN6O2. The Hall–Kier alpha value is -3.62. The molecule has 0 spiro atoms. The van der Waals surface area contributed by atoms with Crippen LogP contribution in [0.4, 0.5) is 11.6 Å². The Kier molecular flexibility index (Phi) is 5.15. The number of nitrogens with zero attached hydrogens (tertiary/aromatic N) is 4. The summed E-state index contributed by atoms with van der Waals surface area (Å²) in [7, 11) is 1.68. The van der Waals surface area contributed by atoms with E-state index >= 15 is 0 Å². The van der Waals surface area contributed by atoms with Crippen molar-refractivity contribution < 1.29 is 9.47 Å².